The number of aliphatic hydroxyl groups is 1. The number of hydrogen-bond donors (Lipinski definition) is 3. The lowest BCUT2D eigenvalue weighted by Crippen LogP contribution is -2.27. The van der Waals surface area contributed by atoms with E-state index < -0.39 is 4.92 Å². The molecule has 2 unspecified atom stereocenters. The molecule has 0 aromatic heterocycles. The summed E-state index contributed by atoms with van der Waals surface area (Å²) in [5, 5.41) is 25.8. The van der Waals surface area contributed by atoms with Gasteiger partial charge in [0, 0.05) is 30.8 Å². The van der Waals surface area contributed by atoms with Gasteiger partial charge < -0.3 is 15.7 Å². The Balaban J connectivity index is 3.09. The molecular weight excluding hydrogens is 274 g/mol. The first-order chi connectivity index (χ1) is 9.90. The molecule has 0 bridgehead atoms. The molecule has 0 saturated carbocycles. The Hall–Kier alpha value is -2.15. The minimum absolute atomic E-state index is 0.0298. The van der Waals surface area contributed by atoms with Crippen LogP contribution in [-0.4, -0.2) is 35.1 Å². The van der Waals surface area contributed by atoms with E-state index in [9.17, 15) is 14.9 Å². The van der Waals surface area contributed by atoms with Crippen molar-refractivity contribution in [3.8, 4) is 0 Å². The summed E-state index contributed by atoms with van der Waals surface area (Å²) in [6, 6.07) is 4.03. The van der Waals surface area contributed by atoms with Gasteiger partial charge in [-0.15, -0.1) is 0 Å². The van der Waals surface area contributed by atoms with E-state index in [2.05, 4.69) is 10.6 Å². The van der Waals surface area contributed by atoms with Crippen LogP contribution >= 0.6 is 0 Å². The predicted molar refractivity (Wildman–Crippen MR) is 80.4 cm³/mol. The molecule has 1 amide bonds. The SMILES string of the molecule is CCNC(=O)c1ccc([N+](=O)[O-])c(NC(C)C(C)CO)c1. The molecule has 7 nitrogen and oxygen atoms in total. The van der Waals surface area contributed by atoms with E-state index in [4.69, 9.17) is 5.11 Å². The molecule has 1 rings (SSSR count). The number of nitrogens with one attached hydrogen (secondary N) is 2. The zero-order valence-corrected chi connectivity index (χ0v) is 12.4. The highest BCUT2D eigenvalue weighted by Crippen LogP contribution is 2.27. The number of rotatable bonds is 7. The highest BCUT2D eigenvalue weighted by Gasteiger charge is 2.20. The van der Waals surface area contributed by atoms with E-state index in [1.807, 2.05) is 13.8 Å². The van der Waals surface area contributed by atoms with Crippen LogP contribution in [0.3, 0.4) is 0 Å². The molecule has 1 aromatic carbocycles. The quantitative estimate of drug-likeness (QED) is 0.525. The predicted octanol–water partition coefficient (Wildman–Crippen LogP) is 1.77. The highest BCUT2D eigenvalue weighted by atomic mass is 16.6. The third-order valence-electron chi connectivity index (χ3n) is 3.32. The summed E-state index contributed by atoms with van der Waals surface area (Å²) < 4.78 is 0. The maximum absolute atomic E-state index is 11.8. The van der Waals surface area contributed by atoms with Crippen LogP contribution in [0.4, 0.5) is 11.4 Å². The van der Waals surface area contributed by atoms with Gasteiger partial charge in [0.05, 0.1) is 4.92 Å². The van der Waals surface area contributed by atoms with E-state index in [0.717, 1.165) is 0 Å². The van der Waals surface area contributed by atoms with Gasteiger partial charge in [-0.05, 0) is 31.9 Å². The van der Waals surface area contributed by atoms with Crippen molar-refractivity contribution in [2.45, 2.75) is 26.8 Å². The number of carbonyl (C=O) groups is 1. The van der Waals surface area contributed by atoms with E-state index in [1.54, 1.807) is 6.92 Å². The van der Waals surface area contributed by atoms with Crippen LogP contribution in [0.1, 0.15) is 31.1 Å². The summed E-state index contributed by atoms with van der Waals surface area (Å²) in [4.78, 5) is 22.4. The van der Waals surface area contributed by atoms with Crippen LogP contribution in [0, 0.1) is 16.0 Å². The van der Waals surface area contributed by atoms with Gasteiger partial charge in [-0.3, -0.25) is 14.9 Å². The molecule has 1 aromatic rings. The maximum atomic E-state index is 11.8. The largest absolute Gasteiger partial charge is 0.396 e. The van der Waals surface area contributed by atoms with Crippen LogP contribution in [0.25, 0.3) is 0 Å². The third-order valence-corrected chi connectivity index (χ3v) is 3.32. The molecule has 0 radical (unpaired) electrons. The number of hydrogen-bond acceptors (Lipinski definition) is 5. The lowest BCUT2D eigenvalue weighted by molar-refractivity contribution is -0.384. The summed E-state index contributed by atoms with van der Waals surface area (Å²) in [6.45, 7) is 5.91. The number of nitrogens with zero attached hydrogens (tertiary/aromatic N) is 1. The Morgan fingerprint density at radius 3 is 2.62 bits per heavy atom. The average molecular weight is 295 g/mol. The van der Waals surface area contributed by atoms with Crippen LogP contribution in [-0.2, 0) is 0 Å². The fourth-order valence-electron chi connectivity index (χ4n) is 1.76. The fraction of sp³-hybridized carbons (Fsp3) is 0.500. The zero-order valence-electron chi connectivity index (χ0n) is 12.4. The lowest BCUT2D eigenvalue weighted by atomic mass is 10.0. The molecule has 0 aliphatic carbocycles. The normalized spacial score (nSPS) is 13.3. The Labute approximate surface area is 123 Å². The number of carbonyl (C=O) groups excluding carboxylic acids is 1. The van der Waals surface area contributed by atoms with Crippen molar-refractivity contribution >= 4 is 17.3 Å². The molecule has 0 aliphatic rings. The second-order valence-corrected chi connectivity index (χ2v) is 4.94. The highest BCUT2D eigenvalue weighted by molar-refractivity contribution is 5.95. The second kappa shape index (κ2) is 7.58. The van der Waals surface area contributed by atoms with Crippen LogP contribution in [0.15, 0.2) is 18.2 Å². The second-order valence-electron chi connectivity index (χ2n) is 4.94. The van der Waals surface area contributed by atoms with Gasteiger partial charge in [-0.2, -0.15) is 0 Å². The number of nitro groups is 1. The van der Waals surface area contributed by atoms with Crippen molar-refractivity contribution in [2.24, 2.45) is 5.92 Å². The van der Waals surface area contributed by atoms with Crippen molar-refractivity contribution in [1.82, 2.24) is 5.32 Å². The van der Waals surface area contributed by atoms with Gasteiger partial charge in [0.1, 0.15) is 5.69 Å². The van der Waals surface area contributed by atoms with E-state index >= 15 is 0 Å². The number of aliphatic hydroxyl groups excluding tert-OH is 1. The fourth-order valence-corrected chi connectivity index (χ4v) is 1.76. The lowest BCUT2D eigenvalue weighted by Gasteiger charge is -2.20. The molecule has 0 saturated heterocycles. The summed E-state index contributed by atoms with van der Waals surface area (Å²) in [5.74, 6) is -0.351. The summed E-state index contributed by atoms with van der Waals surface area (Å²) in [5.41, 5.74) is 0.533. The number of benzene rings is 1. The standard InChI is InChI=1S/C14H21N3O4/c1-4-15-14(19)11-5-6-13(17(20)21)12(7-11)16-10(3)9(2)8-18/h5-7,9-10,16,18H,4,8H2,1-3H3,(H,15,19). The molecule has 116 valence electrons. The maximum Gasteiger partial charge on any atom is 0.292 e. The van der Waals surface area contributed by atoms with E-state index in [-0.39, 0.29) is 35.8 Å². The first-order valence-electron chi connectivity index (χ1n) is 6.84. The summed E-state index contributed by atoms with van der Waals surface area (Å²) >= 11 is 0. The summed E-state index contributed by atoms with van der Waals surface area (Å²) in [6.07, 6.45) is 0. The van der Waals surface area contributed by atoms with Crippen LogP contribution < -0.4 is 10.6 Å². The minimum atomic E-state index is -0.500. The van der Waals surface area contributed by atoms with Crippen molar-refractivity contribution in [1.29, 1.82) is 0 Å². The van der Waals surface area contributed by atoms with Crippen LogP contribution in [0.5, 0.6) is 0 Å². The molecule has 7 heteroatoms. The monoisotopic (exact) mass is 295 g/mol. The van der Waals surface area contributed by atoms with E-state index in [0.29, 0.717) is 12.1 Å². The Bertz CT molecular complexity index is 519. The molecule has 0 aliphatic heterocycles. The van der Waals surface area contributed by atoms with E-state index in [1.165, 1.54) is 18.2 Å². The van der Waals surface area contributed by atoms with Crippen molar-refractivity contribution in [3.63, 3.8) is 0 Å². The van der Waals surface area contributed by atoms with Crippen molar-refractivity contribution in [3.05, 3.63) is 33.9 Å². The van der Waals surface area contributed by atoms with Gasteiger partial charge in [-0.25, -0.2) is 0 Å². The van der Waals surface area contributed by atoms with Gasteiger partial charge in [-0.1, -0.05) is 6.92 Å². The molecule has 0 spiro atoms. The Morgan fingerprint density at radius 1 is 1.43 bits per heavy atom. The molecule has 2 atom stereocenters. The van der Waals surface area contributed by atoms with Gasteiger partial charge in [0.25, 0.3) is 11.6 Å². The molecular formula is C14H21N3O4. The number of amides is 1. The Morgan fingerprint density at radius 2 is 2.10 bits per heavy atom. The smallest absolute Gasteiger partial charge is 0.292 e. The summed E-state index contributed by atoms with van der Waals surface area (Å²) in [7, 11) is 0. The third kappa shape index (κ3) is 4.42. The number of anilines is 1. The van der Waals surface area contributed by atoms with Gasteiger partial charge in [0.15, 0.2) is 0 Å². The number of nitro benzene ring substituents is 1. The molecule has 0 fully saturated rings. The first kappa shape index (κ1) is 16.9. The first-order valence-corrected chi connectivity index (χ1v) is 6.84. The van der Waals surface area contributed by atoms with Crippen LogP contribution in [0.2, 0.25) is 0 Å². The minimum Gasteiger partial charge on any atom is -0.396 e. The molecule has 21 heavy (non-hydrogen) atoms. The van der Waals surface area contributed by atoms with Gasteiger partial charge in [0.2, 0.25) is 0 Å². The van der Waals surface area contributed by atoms with Crippen molar-refractivity contribution in [2.75, 3.05) is 18.5 Å². The topological polar surface area (TPSA) is 104 Å². The average Bonchev–Trinajstić information content (AvgIpc) is 2.46. The Kier molecular flexibility index (Phi) is 6.10. The van der Waals surface area contributed by atoms with Gasteiger partial charge >= 0.3 is 0 Å². The molecule has 3 N–H and O–H groups in total. The molecule has 0 heterocycles. The zero-order chi connectivity index (χ0) is 16.0. The van der Waals surface area contributed by atoms with Crippen molar-refractivity contribution < 1.29 is 14.8 Å².